The van der Waals surface area contributed by atoms with Gasteiger partial charge in [0.1, 0.15) is 0 Å². The zero-order valence-corrected chi connectivity index (χ0v) is 28.1. The molecule has 0 spiro atoms. The number of unbranched alkanes of at least 4 members (excludes halogenated alkanes) is 9. The first-order valence-corrected chi connectivity index (χ1v) is 16.9. The molecule has 0 amide bonds. The Morgan fingerprint density at radius 2 is 0.523 bits per heavy atom. The van der Waals surface area contributed by atoms with Crippen molar-refractivity contribution in [3.05, 3.63) is 0 Å². The Morgan fingerprint density at radius 3 is 0.727 bits per heavy atom. The zero-order chi connectivity index (χ0) is 32.3. The maximum absolute atomic E-state index is 8.53. The second-order valence-corrected chi connectivity index (χ2v) is 9.93. The highest BCUT2D eigenvalue weighted by Crippen LogP contribution is 2.09. The van der Waals surface area contributed by atoms with Crippen molar-refractivity contribution in [2.24, 2.45) is 5.73 Å². The van der Waals surface area contributed by atoms with E-state index in [4.69, 9.17) is 58.6 Å². The fourth-order valence-electron chi connectivity index (χ4n) is 3.62. The van der Waals surface area contributed by atoms with Crippen LogP contribution in [-0.2, 0) is 42.6 Å². The molecule has 0 bridgehead atoms. The Bertz CT molecular complexity index is 430. The molecule has 0 atom stereocenters. The standard InChI is InChI=1S/C20H42O11.C12H27N/c21-1-3-23-5-7-25-9-11-27-13-15-29-17-19-31-20-18-30-16-14-28-12-10-26-8-6-24-4-2-22;1-2-3-4-5-6-7-8-9-10-11-12-13/h21-22H,1-20H2;2-13H2,1H3. The summed E-state index contributed by atoms with van der Waals surface area (Å²) in [4.78, 5) is 0. The average molecular weight is 644 g/mol. The molecule has 0 radical (unpaired) electrons. The molecule has 12 nitrogen and oxygen atoms in total. The predicted molar refractivity (Wildman–Crippen MR) is 172 cm³/mol. The van der Waals surface area contributed by atoms with Crippen molar-refractivity contribution >= 4 is 0 Å². The van der Waals surface area contributed by atoms with Crippen molar-refractivity contribution in [2.75, 3.05) is 139 Å². The van der Waals surface area contributed by atoms with E-state index >= 15 is 0 Å². The molecule has 44 heavy (non-hydrogen) atoms. The minimum atomic E-state index is 0.0278. The van der Waals surface area contributed by atoms with E-state index in [9.17, 15) is 0 Å². The molecule has 4 N–H and O–H groups in total. The van der Waals surface area contributed by atoms with Gasteiger partial charge in [-0.3, -0.25) is 0 Å². The average Bonchev–Trinajstić information content (AvgIpc) is 3.04. The van der Waals surface area contributed by atoms with Gasteiger partial charge in [-0.05, 0) is 13.0 Å². The lowest BCUT2D eigenvalue weighted by molar-refractivity contribution is -0.0260. The Kier molecular flexibility index (Phi) is 48.7. The summed E-state index contributed by atoms with van der Waals surface area (Å²) >= 11 is 0. The summed E-state index contributed by atoms with van der Waals surface area (Å²) in [5, 5.41) is 17.1. The van der Waals surface area contributed by atoms with E-state index in [1.54, 1.807) is 0 Å². The quantitative estimate of drug-likeness (QED) is 0.0849. The van der Waals surface area contributed by atoms with Gasteiger partial charge >= 0.3 is 0 Å². The van der Waals surface area contributed by atoms with Gasteiger partial charge in [-0.2, -0.15) is 0 Å². The Balaban J connectivity index is 0. The lowest BCUT2D eigenvalue weighted by Crippen LogP contribution is -2.15. The van der Waals surface area contributed by atoms with Crippen LogP contribution in [0.2, 0.25) is 0 Å². The van der Waals surface area contributed by atoms with Gasteiger partial charge in [-0.15, -0.1) is 0 Å². The summed E-state index contributed by atoms with van der Waals surface area (Å²) in [7, 11) is 0. The van der Waals surface area contributed by atoms with Crippen LogP contribution in [0.4, 0.5) is 0 Å². The van der Waals surface area contributed by atoms with Crippen LogP contribution in [0.25, 0.3) is 0 Å². The minimum Gasteiger partial charge on any atom is -0.394 e. The summed E-state index contributed by atoms with van der Waals surface area (Å²) in [6.45, 7) is 11.9. The van der Waals surface area contributed by atoms with E-state index in [2.05, 4.69) is 6.92 Å². The van der Waals surface area contributed by atoms with Gasteiger partial charge in [0.25, 0.3) is 0 Å². The fourth-order valence-corrected chi connectivity index (χ4v) is 3.62. The zero-order valence-electron chi connectivity index (χ0n) is 28.1. The summed E-state index contributed by atoms with van der Waals surface area (Å²) in [5.74, 6) is 0. The number of aliphatic hydroxyl groups is 2. The first-order chi connectivity index (χ1) is 21.8. The van der Waals surface area contributed by atoms with Crippen LogP contribution >= 0.6 is 0 Å². The third-order valence-electron chi connectivity index (χ3n) is 6.00. The molecule has 0 heterocycles. The third kappa shape index (κ3) is 48.4. The van der Waals surface area contributed by atoms with Gasteiger partial charge < -0.3 is 58.6 Å². The number of nitrogens with two attached hydrogens (primary N) is 1. The molecule has 0 rings (SSSR count). The lowest BCUT2D eigenvalue weighted by Gasteiger charge is -2.08. The first kappa shape index (κ1) is 45.6. The summed E-state index contributed by atoms with van der Waals surface area (Å²) in [6.07, 6.45) is 13.9. The number of rotatable bonds is 38. The van der Waals surface area contributed by atoms with Gasteiger partial charge in [0, 0.05) is 0 Å². The van der Waals surface area contributed by atoms with Crippen molar-refractivity contribution in [3.63, 3.8) is 0 Å². The van der Waals surface area contributed by atoms with Crippen LogP contribution in [0.1, 0.15) is 71.1 Å². The van der Waals surface area contributed by atoms with Gasteiger partial charge in [-0.1, -0.05) is 64.7 Å². The van der Waals surface area contributed by atoms with Crippen molar-refractivity contribution in [3.8, 4) is 0 Å². The van der Waals surface area contributed by atoms with Gasteiger partial charge in [0.05, 0.1) is 132 Å². The van der Waals surface area contributed by atoms with Crippen LogP contribution in [0, 0.1) is 0 Å². The summed E-state index contributed by atoms with van der Waals surface area (Å²) in [5.41, 5.74) is 5.42. The van der Waals surface area contributed by atoms with E-state index in [0.717, 1.165) is 6.54 Å². The molecule has 0 aromatic rings. The van der Waals surface area contributed by atoms with Crippen molar-refractivity contribution in [1.29, 1.82) is 0 Å². The van der Waals surface area contributed by atoms with E-state index < -0.39 is 0 Å². The van der Waals surface area contributed by atoms with E-state index in [-0.39, 0.29) is 13.2 Å². The summed E-state index contributed by atoms with van der Waals surface area (Å²) < 4.78 is 47.7. The third-order valence-corrected chi connectivity index (χ3v) is 6.00. The van der Waals surface area contributed by atoms with Crippen LogP contribution in [0.5, 0.6) is 0 Å². The highest BCUT2D eigenvalue weighted by atomic mass is 16.6. The molecule has 0 saturated carbocycles. The smallest absolute Gasteiger partial charge is 0.0701 e. The highest BCUT2D eigenvalue weighted by molar-refractivity contribution is 4.47. The molecule has 0 aliphatic carbocycles. The molecule has 0 aliphatic heterocycles. The molecule has 0 aliphatic rings. The van der Waals surface area contributed by atoms with Gasteiger partial charge in [0.2, 0.25) is 0 Å². The molecule has 0 saturated heterocycles. The Hall–Kier alpha value is -0.480. The topological polar surface area (TPSA) is 150 Å². The van der Waals surface area contributed by atoms with Gasteiger partial charge in [-0.25, -0.2) is 0 Å². The van der Waals surface area contributed by atoms with Crippen LogP contribution in [0.15, 0.2) is 0 Å². The van der Waals surface area contributed by atoms with Crippen LogP contribution < -0.4 is 5.73 Å². The Morgan fingerprint density at radius 1 is 0.318 bits per heavy atom. The fraction of sp³-hybridized carbons (Fsp3) is 1.00. The number of aliphatic hydroxyl groups excluding tert-OH is 2. The van der Waals surface area contributed by atoms with E-state index in [0.29, 0.717) is 119 Å². The molecule has 0 fully saturated rings. The molecule has 0 aromatic heterocycles. The molecular formula is C32H69NO11. The monoisotopic (exact) mass is 643 g/mol. The molecule has 12 heteroatoms. The van der Waals surface area contributed by atoms with E-state index in [1.165, 1.54) is 64.2 Å². The number of hydrogen-bond donors (Lipinski definition) is 3. The summed E-state index contributed by atoms with van der Waals surface area (Å²) in [6, 6.07) is 0. The molecule has 268 valence electrons. The molecular weight excluding hydrogens is 574 g/mol. The van der Waals surface area contributed by atoms with Crippen LogP contribution in [0.3, 0.4) is 0 Å². The van der Waals surface area contributed by atoms with Crippen molar-refractivity contribution in [2.45, 2.75) is 71.1 Å². The largest absolute Gasteiger partial charge is 0.394 e. The van der Waals surface area contributed by atoms with Crippen molar-refractivity contribution in [1.82, 2.24) is 0 Å². The van der Waals surface area contributed by atoms with Gasteiger partial charge in [0.15, 0.2) is 0 Å². The molecule has 0 unspecified atom stereocenters. The number of ether oxygens (including phenoxy) is 9. The predicted octanol–water partition coefficient (Wildman–Crippen LogP) is 2.99. The number of hydrogen-bond acceptors (Lipinski definition) is 12. The first-order valence-electron chi connectivity index (χ1n) is 16.9. The second-order valence-electron chi connectivity index (χ2n) is 9.93. The maximum Gasteiger partial charge on any atom is 0.0701 e. The van der Waals surface area contributed by atoms with Crippen LogP contribution in [-0.4, -0.2) is 149 Å². The minimum absolute atomic E-state index is 0.0278. The van der Waals surface area contributed by atoms with Crippen molar-refractivity contribution < 1.29 is 52.8 Å². The molecule has 0 aromatic carbocycles. The second kappa shape index (κ2) is 46.9. The Labute approximate surface area is 268 Å². The SMILES string of the molecule is CCCCCCCCCCCCN.OCCOCCOCCOCCOCCOCCOCCOCCOCCOCCO. The highest BCUT2D eigenvalue weighted by Gasteiger charge is 1.96. The maximum atomic E-state index is 8.53. The normalized spacial score (nSPS) is 11.2. The lowest BCUT2D eigenvalue weighted by atomic mass is 10.1. The van der Waals surface area contributed by atoms with E-state index in [1.807, 2.05) is 0 Å².